The molecule has 0 saturated carbocycles. The van der Waals surface area contributed by atoms with Crippen molar-refractivity contribution in [2.75, 3.05) is 13.8 Å². The summed E-state index contributed by atoms with van der Waals surface area (Å²) in [4.78, 5) is 0. The maximum atomic E-state index is 4.91. The normalized spacial score (nSPS) is 10.9. The van der Waals surface area contributed by atoms with Crippen LogP contribution in [0.3, 0.4) is 0 Å². The molecule has 2 nitrogen and oxygen atoms in total. The van der Waals surface area contributed by atoms with Crippen molar-refractivity contribution in [3.8, 4) is 0 Å². The fourth-order valence-corrected chi connectivity index (χ4v) is 1.32. The highest BCUT2D eigenvalue weighted by Crippen LogP contribution is 2.14. The Hall–Kier alpha value is -0.860. The first-order valence-corrected chi connectivity index (χ1v) is 5.02. The Morgan fingerprint density at radius 3 is 2.36 bits per heavy atom. The summed E-state index contributed by atoms with van der Waals surface area (Å²) < 4.78 is 4.91. The molecular weight excluding hydrogens is 174 g/mol. The first kappa shape index (κ1) is 11.2. The molecule has 0 saturated heterocycles. The zero-order chi connectivity index (χ0) is 10.4. The number of nitrogens with one attached hydrogen (secondary N) is 1. The van der Waals surface area contributed by atoms with Gasteiger partial charge in [-0.25, -0.2) is 0 Å². The van der Waals surface area contributed by atoms with E-state index in [1.165, 1.54) is 11.1 Å². The molecule has 0 heterocycles. The lowest BCUT2D eigenvalue weighted by atomic mass is 10.0. The van der Waals surface area contributed by atoms with E-state index in [4.69, 9.17) is 4.74 Å². The fourth-order valence-electron chi connectivity index (χ4n) is 1.32. The van der Waals surface area contributed by atoms with Gasteiger partial charge in [-0.1, -0.05) is 38.1 Å². The standard InChI is InChI=1S/C12H19NO/c1-10(2)12-6-4-11(5-7-12)8-13-9-14-3/h4-7,10,13H,8-9H2,1-3H3. The molecule has 0 aliphatic carbocycles. The van der Waals surface area contributed by atoms with Crippen LogP contribution in [0.25, 0.3) is 0 Å². The Morgan fingerprint density at radius 1 is 1.21 bits per heavy atom. The van der Waals surface area contributed by atoms with E-state index in [2.05, 4.69) is 43.4 Å². The van der Waals surface area contributed by atoms with Crippen molar-refractivity contribution < 1.29 is 4.74 Å². The third-order valence-electron chi connectivity index (χ3n) is 2.22. The lowest BCUT2D eigenvalue weighted by molar-refractivity contribution is 0.174. The predicted octanol–water partition coefficient (Wildman–Crippen LogP) is 2.50. The molecule has 0 atom stereocenters. The van der Waals surface area contributed by atoms with Crippen molar-refractivity contribution in [2.24, 2.45) is 0 Å². The first-order valence-electron chi connectivity index (χ1n) is 5.02. The van der Waals surface area contributed by atoms with Crippen molar-refractivity contribution in [3.05, 3.63) is 35.4 Å². The van der Waals surface area contributed by atoms with Crippen LogP contribution in [0, 0.1) is 0 Å². The number of rotatable bonds is 5. The second-order valence-corrected chi connectivity index (χ2v) is 3.76. The van der Waals surface area contributed by atoms with Crippen LogP contribution in [0.2, 0.25) is 0 Å². The molecule has 0 aliphatic heterocycles. The second-order valence-electron chi connectivity index (χ2n) is 3.76. The first-order chi connectivity index (χ1) is 6.74. The van der Waals surface area contributed by atoms with Gasteiger partial charge >= 0.3 is 0 Å². The van der Waals surface area contributed by atoms with Gasteiger partial charge in [0.1, 0.15) is 0 Å². The summed E-state index contributed by atoms with van der Waals surface area (Å²) in [5.74, 6) is 0.607. The van der Waals surface area contributed by atoms with Gasteiger partial charge in [-0.05, 0) is 17.0 Å². The number of hydrogen-bond acceptors (Lipinski definition) is 2. The van der Waals surface area contributed by atoms with Gasteiger partial charge in [0.05, 0.1) is 6.73 Å². The quantitative estimate of drug-likeness (QED) is 0.573. The third kappa shape index (κ3) is 3.48. The van der Waals surface area contributed by atoms with E-state index in [9.17, 15) is 0 Å². The van der Waals surface area contributed by atoms with Crippen LogP contribution in [0.15, 0.2) is 24.3 Å². The molecule has 0 amide bonds. The van der Waals surface area contributed by atoms with Gasteiger partial charge in [0.25, 0.3) is 0 Å². The average Bonchev–Trinajstić information content (AvgIpc) is 2.19. The van der Waals surface area contributed by atoms with Crippen molar-refractivity contribution in [1.82, 2.24) is 5.32 Å². The molecule has 0 aliphatic rings. The van der Waals surface area contributed by atoms with Gasteiger partial charge in [0.15, 0.2) is 0 Å². The molecule has 0 bridgehead atoms. The van der Waals surface area contributed by atoms with Crippen molar-refractivity contribution in [1.29, 1.82) is 0 Å². The van der Waals surface area contributed by atoms with E-state index in [0.29, 0.717) is 12.6 Å². The van der Waals surface area contributed by atoms with Crippen LogP contribution >= 0.6 is 0 Å². The topological polar surface area (TPSA) is 21.3 Å². The molecule has 1 N–H and O–H groups in total. The van der Waals surface area contributed by atoms with Crippen molar-refractivity contribution in [3.63, 3.8) is 0 Å². The van der Waals surface area contributed by atoms with E-state index in [-0.39, 0.29) is 0 Å². The number of benzene rings is 1. The number of methoxy groups -OCH3 is 1. The molecule has 1 aromatic rings. The van der Waals surface area contributed by atoms with E-state index < -0.39 is 0 Å². The molecule has 0 unspecified atom stereocenters. The van der Waals surface area contributed by atoms with E-state index in [1.54, 1.807) is 7.11 Å². The number of ether oxygens (including phenoxy) is 1. The molecule has 0 radical (unpaired) electrons. The summed E-state index contributed by atoms with van der Waals surface area (Å²) in [5, 5.41) is 3.18. The molecule has 1 rings (SSSR count). The zero-order valence-electron chi connectivity index (χ0n) is 9.21. The van der Waals surface area contributed by atoms with Gasteiger partial charge < -0.3 is 4.74 Å². The Balaban J connectivity index is 2.47. The fraction of sp³-hybridized carbons (Fsp3) is 0.500. The Bertz CT molecular complexity index is 254. The molecular formula is C12H19NO. The second kappa shape index (κ2) is 5.78. The maximum absolute atomic E-state index is 4.91. The van der Waals surface area contributed by atoms with Gasteiger partial charge in [-0.2, -0.15) is 0 Å². The third-order valence-corrected chi connectivity index (χ3v) is 2.22. The van der Waals surface area contributed by atoms with Gasteiger partial charge in [-0.15, -0.1) is 0 Å². The zero-order valence-corrected chi connectivity index (χ0v) is 9.21. The molecule has 1 aromatic carbocycles. The maximum Gasteiger partial charge on any atom is 0.0964 e. The average molecular weight is 193 g/mol. The van der Waals surface area contributed by atoms with Crippen LogP contribution in [0.4, 0.5) is 0 Å². The van der Waals surface area contributed by atoms with E-state index >= 15 is 0 Å². The summed E-state index contributed by atoms with van der Waals surface area (Å²) in [6, 6.07) is 8.71. The minimum atomic E-state index is 0.603. The molecule has 2 heteroatoms. The largest absolute Gasteiger partial charge is 0.370 e. The Labute approximate surface area is 86.3 Å². The highest BCUT2D eigenvalue weighted by Gasteiger charge is 1.98. The van der Waals surface area contributed by atoms with Crippen LogP contribution < -0.4 is 5.32 Å². The highest BCUT2D eigenvalue weighted by molar-refractivity contribution is 5.24. The SMILES string of the molecule is COCNCc1ccc(C(C)C)cc1. The lowest BCUT2D eigenvalue weighted by Crippen LogP contribution is -2.15. The minimum Gasteiger partial charge on any atom is -0.370 e. The van der Waals surface area contributed by atoms with Crippen LogP contribution in [0.5, 0.6) is 0 Å². The summed E-state index contributed by atoms with van der Waals surface area (Å²) in [6.07, 6.45) is 0. The van der Waals surface area contributed by atoms with Gasteiger partial charge in [0.2, 0.25) is 0 Å². The van der Waals surface area contributed by atoms with E-state index in [0.717, 1.165) is 6.54 Å². The molecule has 0 fully saturated rings. The minimum absolute atomic E-state index is 0.603. The van der Waals surface area contributed by atoms with Crippen molar-refractivity contribution in [2.45, 2.75) is 26.3 Å². The summed E-state index contributed by atoms with van der Waals surface area (Å²) >= 11 is 0. The van der Waals surface area contributed by atoms with Crippen LogP contribution in [-0.2, 0) is 11.3 Å². The summed E-state index contributed by atoms with van der Waals surface area (Å²) in [5.41, 5.74) is 2.69. The number of hydrogen-bond donors (Lipinski definition) is 1. The Morgan fingerprint density at radius 2 is 1.86 bits per heavy atom. The van der Waals surface area contributed by atoms with Crippen LogP contribution in [-0.4, -0.2) is 13.8 Å². The predicted molar refractivity (Wildman–Crippen MR) is 59.2 cm³/mol. The molecule has 0 aromatic heterocycles. The smallest absolute Gasteiger partial charge is 0.0964 e. The van der Waals surface area contributed by atoms with Crippen LogP contribution in [0.1, 0.15) is 30.9 Å². The Kier molecular flexibility index (Phi) is 4.63. The molecule has 0 spiro atoms. The monoisotopic (exact) mass is 193 g/mol. The van der Waals surface area contributed by atoms with Gasteiger partial charge in [-0.3, -0.25) is 5.32 Å². The van der Waals surface area contributed by atoms with Gasteiger partial charge in [0, 0.05) is 13.7 Å². The highest BCUT2D eigenvalue weighted by atomic mass is 16.5. The van der Waals surface area contributed by atoms with Crippen molar-refractivity contribution >= 4 is 0 Å². The summed E-state index contributed by atoms with van der Waals surface area (Å²) in [6.45, 7) is 5.88. The lowest BCUT2D eigenvalue weighted by Gasteiger charge is -2.07. The van der Waals surface area contributed by atoms with E-state index in [1.807, 2.05) is 0 Å². The molecule has 78 valence electrons. The summed E-state index contributed by atoms with van der Waals surface area (Å²) in [7, 11) is 1.69. The molecule has 14 heavy (non-hydrogen) atoms.